The van der Waals surface area contributed by atoms with Gasteiger partial charge in [-0.25, -0.2) is 4.79 Å². The molecular formula is C28H33N3O5. The van der Waals surface area contributed by atoms with Crippen molar-refractivity contribution in [2.75, 3.05) is 25.0 Å². The third-order valence-corrected chi connectivity index (χ3v) is 7.13. The molecule has 3 amide bonds. The Morgan fingerprint density at radius 1 is 1.03 bits per heavy atom. The summed E-state index contributed by atoms with van der Waals surface area (Å²) in [6.45, 7) is 7.31. The van der Waals surface area contributed by atoms with Crippen molar-refractivity contribution in [3.8, 4) is 0 Å². The third kappa shape index (κ3) is 4.85. The highest BCUT2D eigenvalue weighted by molar-refractivity contribution is 6.09. The molecule has 1 spiro atoms. The van der Waals surface area contributed by atoms with Gasteiger partial charge in [0.25, 0.3) is 5.91 Å². The second-order valence-corrected chi connectivity index (χ2v) is 11.0. The molecule has 1 fully saturated rings. The number of carboxylic acids is 1. The largest absolute Gasteiger partial charge is 0.478 e. The lowest BCUT2D eigenvalue weighted by atomic mass is 9.73. The summed E-state index contributed by atoms with van der Waals surface area (Å²) >= 11 is 0. The third-order valence-electron chi connectivity index (χ3n) is 7.13. The molecule has 8 nitrogen and oxygen atoms in total. The molecule has 0 unspecified atom stereocenters. The molecule has 1 saturated heterocycles. The molecule has 2 aromatic carbocycles. The molecule has 2 aliphatic heterocycles. The van der Waals surface area contributed by atoms with Crippen LogP contribution < -0.4 is 10.2 Å². The molecule has 2 heterocycles. The standard InChI is InChI=1S/C28H33N3O5/c1-27(2,3)16-23(32)31-12-10-28(11-13-31)21-15-19(8-9-22(21)30(4)26(28)36)24(33)29-17-18-6-5-7-20(14-18)25(34)35/h5-9,14-15H,10-13,16-17H2,1-4H3,(H,29,33)(H,34,35). The number of rotatable bonds is 5. The van der Waals surface area contributed by atoms with E-state index in [4.69, 9.17) is 0 Å². The number of hydrogen-bond donors (Lipinski definition) is 2. The molecule has 0 aromatic heterocycles. The van der Waals surface area contributed by atoms with Crippen LogP contribution in [0.25, 0.3) is 0 Å². The normalized spacial score (nSPS) is 16.7. The summed E-state index contributed by atoms with van der Waals surface area (Å²) in [4.78, 5) is 53.8. The topological polar surface area (TPSA) is 107 Å². The summed E-state index contributed by atoms with van der Waals surface area (Å²) in [6.07, 6.45) is 1.50. The minimum absolute atomic E-state index is 0.00321. The monoisotopic (exact) mass is 491 g/mol. The molecule has 36 heavy (non-hydrogen) atoms. The van der Waals surface area contributed by atoms with Gasteiger partial charge in [0, 0.05) is 44.4 Å². The maximum absolute atomic E-state index is 13.4. The van der Waals surface area contributed by atoms with Crippen molar-refractivity contribution in [2.24, 2.45) is 5.41 Å². The lowest BCUT2D eigenvalue weighted by Gasteiger charge is -2.39. The maximum atomic E-state index is 13.4. The molecule has 2 N–H and O–H groups in total. The summed E-state index contributed by atoms with van der Waals surface area (Å²) in [7, 11) is 1.75. The molecule has 8 heteroatoms. The molecule has 4 rings (SSSR count). The molecule has 0 radical (unpaired) electrons. The van der Waals surface area contributed by atoms with Gasteiger partial charge in [0.1, 0.15) is 0 Å². The van der Waals surface area contributed by atoms with E-state index in [1.807, 2.05) is 25.7 Å². The van der Waals surface area contributed by atoms with Crippen LogP contribution in [0, 0.1) is 5.41 Å². The predicted octanol–water partition coefficient (Wildman–Crippen LogP) is 3.59. The molecule has 0 bridgehead atoms. The van der Waals surface area contributed by atoms with Crippen LogP contribution in [0.2, 0.25) is 0 Å². The second kappa shape index (κ2) is 9.41. The summed E-state index contributed by atoms with van der Waals surface area (Å²) in [5.74, 6) is -1.21. The molecule has 190 valence electrons. The van der Waals surface area contributed by atoms with E-state index in [0.29, 0.717) is 43.5 Å². The van der Waals surface area contributed by atoms with E-state index in [2.05, 4.69) is 5.32 Å². The fourth-order valence-electron chi connectivity index (χ4n) is 5.18. The summed E-state index contributed by atoms with van der Waals surface area (Å²) < 4.78 is 0. The van der Waals surface area contributed by atoms with Crippen LogP contribution >= 0.6 is 0 Å². The van der Waals surface area contributed by atoms with Gasteiger partial charge in [-0.05, 0) is 59.7 Å². The van der Waals surface area contributed by atoms with E-state index in [9.17, 15) is 24.3 Å². The van der Waals surface area contributed by atoms with Crippen molar-refractivity contribution in [3.05, 3.63) is 64.7 Å². The highest BCUT2D eigenvalue weighted by atomic mass is 16.4. The Morgan fingerprint density at radius 3 is 2.36 bits per heavy atom. The van der Waals surface area contributed by atoms with Crippen molar-refractivity contribution in [3.63, 3.8) is 0 Å². The molecule has 2 aromatic rings. The lowest BCUT2D eigenvalue weighted by Crippen LogP contribution is -2.50. The maximum Gasteiger partial charge on any atom is 0.335 e. The van der Waals surface area contributed by atoms with Gasteiger partial charge in [0.2, 0.25) is 11.8 Å². The van der Waals surface area contributed by atoms with E-state index in [0.717, 1.165) is 11.3 Å². The summed E-state index contributed by atoms with van der Waals surface area (Å²) in [5, 5.41) is 12.0. The van der Waals surface area contributed by atoms with Crippen molar-refractivity contribution < 1.29 is 24.3 Å². The average molecular weight is 492 g/mol. The van der Waals surface area contributed by atoms with Crippen LogP contribution in [0.1, 0.15) is 71.9 Å². The zero-order valence-corrected chi connectivity index (χ0v) is 21.3. The number of amides is 3. The van der Waals surface area contributed by atoms with Crippen LogP contribution in [0.5, 0.6) is 0 Å². The number of carboxylic acid groups (broad SMARTS) is 1. The average Bonchev–Trinajstić information content (AvgIpc) is 3.03. The SMILES string of the molecule is CN1C(=O)C2(CCN(C(=O)CC(C)(C)C)CC2)c2cc(C(=O)NCc3cccc(C(=O)O)c3)ccc21. The minimum Gasteiger partial charge on any atom is -0.478 e. The highest BCUT2D eigenvalue weighted by Crippen LogP contribution is 2.48. The van der Waals surface area contributed by atoms with Crippen molar-refractivity contribution in [2.45, 2.75) is 52.0 Å². The lowest BCUT2D eigenvalue weighted by molar-refractivity contribution is -0.137. The first-order chi connectivity index (χ1) is 16.9. The van der Waals surface area contributed by atoms with E-state index in [1.54, 1.807) is 42.3 Å². The molecule has 0 aliphatic carbocycles. The zero-order valence-electron chi connectivity index (χ0n) is 21.3. The van der Waals surface area contributed by atoms with Crippen LogP contribution in [0.4, 0.5) is 5.69 Å². The Kier molecular flexibility index (Phi) is 6.64. The first kappa shape index (κ1) is 25.4. The molecule has 2 aliphatic rings. The number of piperidine rings is 1. The Bertz CT molecular complexity index is 1220. The number of benzene rings is 2. The summed E-state index contributed by atoms with van der Waals surface area (Å²) in [6, 6.07) is 11.7. The zero-order chi connectivity index (χ0) is 26.3. The first-order valence-corrected chi connectivity index (χ1v) is 12.2. The van der Waals surface area contributed by atoms with Gasteiger partial charge in [-0.1, -0.05) is 32.9 Å². The van der Waals surface area contributed by atoms with Crippen molar-refractivity contribution in [1.29, 1.82) is 0 Å². The number of anilines is 1. The number of nitrogens with zero attached hydrogens (tertiary/aromatic N) is 2. The van der Waals surface area contributed by atoms with Gasteiger partial charge in [-0.3, -0.25) is 14.4 Å². The van der Waals surface area contributed by atoms with Gasteiger partial charge in [-0.2, -0.15) is 0 Å². The van der Waals surface area contributed by atoms with Crippen LogP contribution in [0.15, 0.2) is 42.5 Å². The predicted molar refractivity (Wildman–Crippen MR) is 136 cm³/mol. The van der Waals surface area contributed by atoms with Crippen molar-refractivity contribution in [1.82, 2.24) is 10.2 Å². The Hall–Kier alpha value is -3.68. The van der Waals surface area contributed by atoms with Gasteiger partial charge < -0.3 is 20.2 Å². The molecule has 0 saturated carbocycles. The Balaban J connectivity index is 1.51. The minimum atomic E-state index is -1.02. The Labute approximate surface area is 211 Å². The number of carbonyl (C=O) groups excluding carboxylic acids is 3. The first-order valence-electron chi connectivity index (χ1n) is 12.2. The van der Waals surface area contributed by atoms with Crippen LogP contribution in [0.3, 0.4) is 0 Å². The Morgan fingerprint density at radius 2 is 1.72 bits per heavy atom. The van der Waals surface area contributed by atoms with Crippen LogP contribution in [-0.2, 0) is 21.5 Å². The number of carbonyl (C=O) groups is 4. The quantitative estimate of drug-likeness (QED) is 0.665. The number of likely N-dealkylation sites (N-methyl/N-ethyl adjacent to an activating group) is 1. The van der Waals surface area contributed by atoms with Crippen LogP contribution in [-0.4, -0.2) is 53.8 Å². The van der Waals surface area contributed by atoms with E-state index < -0.39 is 11.4 Å². The fourth-order valence-corrected chi connectivity index (χ4v) is 5.18. The molecule has 0 atom stereocenters. The summed E-state index contributed by atoms with van der Waals surface area (Å²) in [5.41, 5.74) is 2.07. The van der Waals surface area contributed by atoms with E-state index >= 15 is 0 Å². The van der Waals surface area contributed by atoms with Gasteiger partial charge in [-0.15, -0.1) is 0 Å². The number of nitrogens with one attached hydrogen (secondary N) is 1. The number of hydrogen-bond acceptors (Lipinski definition) is 4. The highest BCUT2D eigenvalue weighted by Gasteiger charge is 2.51. The van der Waals surface area contributed by atoms with E-state index in [-0.39, 0.29) is 35.2 Å². The van der Waals surface area contributed by atoms with Gasteiger partial charge in [0.05, 0.1) is 11.0 Å². The number of likely N-dealkylation sites (tertiary alicyclic amines) is 1. The molecular weight excluding hydrogens is 458 g/mol. The second-order valence-electron chi connectivity index (χ2n) is 11.0. The fraction of sp³-hybridized carbons (Fsp3) is 0.429. The smallest absolute Gasteiger partial charge is 0.335 e. The van der Waals surface area contributed by atoms with Crippen molar-refractivity contribution >= 4 is 29.4 Å². The van der Waals surface area contributed by atoms with Gasteiger partial charge >= 0.3 is 5.97 Å². The van der Waals surface area contributed by atoms with Gasteiger partial charge in [0.15, 0.2) is 0 Å². The van der Waals surface area contributed by atoms with E-state index in [1.165, 1.54) is 12.1 Å². The number of aromatic carboxylic acids is 1. The number of fused-ring (bicyclic) bond motifs is 2.